The van der Waals surface area contributed by atoms with Crippen LogP contribution in [0.15, 0.2) is 0 Å². The molecule has 2 amide bonds. The van der Waals surface area contributed by atoms with Gasteiger partial charge in [0.05, 0.1) is 13.2 Å². The predicted octanol–water partition coefficient (Wildman–Crippen LogP) is -3.57. The van der Waals surface area contributed by atoms with E-state index in [0.717, 1.165) is 0 Å². The normalized spacial score (nSPS) is 41.3. The molecule has 3 heterocycles. The van der Waals surface area contributed by atoms with Crippen molar-refractivity contribution in [2.24, 2.45) is 0 Å². The quantitative estimate of drug-likeness (QED) is 0.201. The summed E-state index contributed by atoms with van der Waals surface area (Å²) >= 11 is 0. The Kier molecular flexibility index (Phi) is 8.23. The van der Waals surface area contributed by atoms with Crippen LogP contribution >= 0.6 is 0 Å². The minimum absolute atomic E-state index is 0.0266. The van der Waals surface area contributed by atoms with Crippen LogP contribution in [-0.4, -0.2) is 119 Å². The van der Waals surface area contributed by atoms with Gasteiger partial charge < -0.3 is 54.7 Å². The average Bonchev–Trinajstić information content (AvgIpc) is 3.18. The van der Waals surface area contributed by atoms with Gasteiger partial charge in [0, 0.05) is 13.8 Å². The maximum Gasteiger partial charge on any atom is 0.332 e. The lowest BCUT2D eigenvalue weighted by atomic mass is 9.95. The van der Waals surface area contributed by atoms with Crippen molar-refractivity contribution >= 4 is 17.8 Å². The van der Waals surface area contributed by atoms with Gasteiger partial charge in [-0.2, -0.15) is 0 Å². The molecule has 3 fully saturated rings. The summed E-state index contributed by atoms with van der Waals surface area (Å²) in [7, 11) is 0. The van der Waals surface area contributed by atoms with E-state index in [1.807, 2.05) is 0 Å². The van der Waals surface area contributed by atoms with Crippen LogP contribution in [-0.2, 0) is 38.1 Å². The van der Waals surface area contributed by atoms with Crippen molar-refractivity contribution < 1.29 is 58.5 Å². The lowest BCUT2D eigenvalue weighted by molar-refractivity contribution is -0.313. The van der Waals surface area contributed by atoms with Crippen LogP contribution in [0.4, 0.5) is 0 Å². The number of aliphatic hydroxyl groups excluding tert-OH is 3. The molecule has 3 aliphatic heterocycles. The van der Waals surface area contributed by atoms with Gasteiger partial charge in [0.25, 0.3) is 0 Å². The number of rotatable bonds is 8. The van der Waals surface area contributed by atoms with E-state index in [4.69, 9.17) is 23.7 Å². The van der Waals surface area contributed by atoms with E-state index in [1.54, 1.807) is 0 Å². The van der Waals surface area contributed by atoms with Crippen molar-refractivity contribution in [2.75, 3.05) is 13.2 Å². The molecule has 0 aromatic rings. The maximum atomic E-state index is 11.8. The molecule has 33 heavy (non-hydrogen) atoms. The summed E-state index contributed by atoms with van der Waals surface area (Å²) in [6.07, 6.45) is -10.8. The van der Waals surface area contributed by atoms with Gasteiger partial charge in [-0.1, -0.05) is 0 Å². The molecule has 2 bridgehead atoms. The number of hydrogen-bond acceptors (Lipinski definition) is 11. The highest BCUT2D eigenvalue weighted by Gasteiger charge is 2.56. The van der Waals surface area contributed by atoms with Crippen LogP contribution in [0.3, 0.4) is 0 Å². The summed E-state index contributed by atoms with van der Waals surface area (Å²) in [6, 6.07) is -2.18. The fraction of sp³-hybridized carbons (Fsp3) is 0.842. The molecule has 3 rings (SSSR count). The Hall–Kier alpha value is -1.91. The maximum absolute atomic E-state index is 11.8. The Bertz CT molecular complexity index is 738. The van der Waals surface area contributed by atoms with Crippen molar-refractivity contribution in [3.8, 4) is 0 Å². The van der Waals surface area contributed by atoms with Crippen molar-refractivity contribution in [3.63, 3.8) is 0 Å². The third-order valence-electron chi connectivity index (χ3n) is 5.69. The zero-order valence-corrected chi connectivity index (χ0v) is 18.3. The first kappa shape index (κ1) is 25.7. The third-order valence-corrected chi connectivity index (χ3v) is 5.69. The molecule has 14 heteroatoms. The first-order valence-corrected chi connectivity index (χ1v) is 10.5. The Labute approximate surface area is 189 Å². The first-order chi connectivity index (χ1) is 15.5. The number of carboxylic acid groups (broad SMARTS) is 1. The molecule has 0 aromatic heterocycles. The number of carbonyl (C=O) groups is 3. The summed E-state index contributed by atoms with van der Waals surface area (Å²) in [5.74, 6) is -2.24. The number of nitrogens with one attached hydrogen (secondary N) is 2. The molecular weight excluding hydrogens is 448 g/mol. The molecule has 0 radical (unpaired) electrons. The number of aliphatic hydroxyl groups is 3. The molecule has 0 spiro atoms. The molecule has 3 aliphatic rings. The van der Waals surface area contributed by atoms with Gasteiger partial charge in [-0.05, 0) is 6.92 Å². The molecule has 188 valence electrons. The zero-order chi connectivity index (χ0) is 24.4. The van der Waals surface area contributed by atoms with Gasteiger partial charge in [0.1, 0.15) is 48.7 Å². The Morgan fingerprint density at radius 3 is 2.24 bits per heavy atom. The molecule has 14 nitrogen and oxygen atoms in total. The SMILES string of the molecule is CC(=O)N[C@H]1[C@H](O[C@H]2[C@H](O[C@H](C)C(=O)O)[C@@H](NC(C)=O)[C@@H]3OC[C@H]2O3)O[C@H](CO)[C@@H](O)[C@@H]1O. The van der Waals surface area contributed by atoms with Crippen LogP contribution in [0, 0.1) is 0 Å². The highest BCUT2D eigenvalue weighted by molar-refractivity contribution is 5.74. The lowest BCUT2D eigenvalue weighted by Gasteiger charge is -2.46. The number of carbonyl (C=O) groups excluding carboxylic acids is 2. The van der Waals surface area contributed by atoms with Crippen LogP contribution in [0.5, 0.6) is 0 Å². The molecule has 3 saturated heterocycles. The number of fused-ring (bicyclic) bond motifs is 2. The largest absolute Gasteiger partial charge is 0.479 e. The van der Waals surface area contributed by atoms with Gasteiger partial charge in [0.2, 0.25) is 11.8 Å². The highest BCUT2D eigenvalue weighted by atomic mass is 16.8. The number of aliphatic carboxylic acids is 1. The number of ether oxygens (including phenoxy) is 5. The van der Waals surface area contributed by atoms with Crippen LogP contribution in [0.25, 0.3) is 0 Å². The number of hydrogen-bond donors (Lipinski definition) is 6. The van der Waals surface area contributed by atoms with E-state index in [1.165, 1.54) is 20.8 Å². The van der Waals surface area contributed by atoms with E-state index in [-0.39, 0.29) is 6.61 Å². The van der Waals surface area contributed by atoms with Gasteiger partial charge >= 0.3 is 5.97 Å². The van der Waals surface area contributed by atoms with E-state index in [0.29, 0.717) is 0 Å². The smallest absolute Gasteiger partial charge is 0.332 e. The van der Waals surface area contributed by atoms with Gasteiger partial charge in [-0.25, -0.2) is 4.79 Å². The minimum Gasteiger partial charge on any atom is -0.479 e. The summed E-state index contributed by atoms with van der Waals surface area (Å²) in [5, 5.41) is 44.6. The number of carboxylic acids is 1. The third kappa shape index (κ3) is 5.60. The fourth-order valence-electron chi connectivity index (χ4n) is 4.12. The topological polar surface area (TPSA) is 202 Å². The van der Waals surface area contributed by atoms with Crippen LogP contribution in [0.1, 0.15) is 20.8 Å². The van der Waals surface area contributed by atoms with Gasteiger partial charge in [-0.3, -0.25) is 9.59 Å². The van der Waals surface area contributed by atoms with Crippen molar-refractivity contribution in [1.29, 1.82) is 0 Å². The summed E-state index contributed by atoms with van der Waals surface area (Å²) in [6.45, 7) is 3.14. The summed E-state index contributed by atoms with van der Waals surface area (Å²) in [5.41, 5.74) is 0. The fourth-order valence-corrected chi connectivity index (χ4v) is 4.12. The van der Waals surface area contributed by atoms with E-state index in [2.05, 4.69) is 10.6 Å². The Morgan fingerprint density at radius 1 is 1.03 bits per heavy atom. The summed E-state index contributed by atoms with van der Waals surface area (Å²) < 4.78 is 28.7. The molecule has 0 aromatic carbocycles. The summed E-state index contributed by atoms with van der Waals surface area (Å²) in [4.78, 5) is 34.9. The van der Waals surface area contributed by atoms with E-state index in [9.17, 15) is 34.8 Å². The molecular formula is C19H30N2O12. The number of amides is 2. The first-order valence-electron chi connectivity index (χ1n) is 10.5. The molecule has 0 unspecified atom stereocenters. The predicted molar refractivity (Wildman–Crippen MR) is 104 cm³/mol. The van der Waals surface area contributed by atoms with Gasteiger partial charge in [0.15, 0.2) is 18.7 Å². The zero-order valence-electron chi connectivity index (χ0n) is 18.3. The highest BCUT2D eigenvalue weighted by Crippen LogP contribution is 2.35. The Balaban J connectivity index is 1.91. The van der Waals surface area contributed by atoms with Crippen molar-refractivity contribution in [3.05, 3.63) is 0 Å². The second-order valence-corrected chi connectivity index (χ2v) is 8.22. The Morgan fingerprint density at radius 2 is 1.67 bits per heavy atom. The van der Waals surface area contributed by atoms with Gasteiger partial charge in [-0.15, -0.1) is 0 Å². The van der Waals surface area contributed by atoms with Crippen LogP contribution < -0.4 is 10.6 Å². The van der Waals surface area contributed by atoms with E-state index >= 15 is 0 Å². The van der Waals surface area contributed by atoms with Crippen molar-refractivity contribution in [2.45, 2.75) is 88.2 Å². The lowest BCUT2D eigenvalue weighted by Crippen LogP contribution is -2.68. The van der Waals surface area contributed by atoms with Crippen molar-refractivity contribution in [1.82, 2.24) is 10.6 Å². The monoisotopic (exact) mass is 478 g/mol. The standard InChI is InChI=1S/C19H30N2O12/c1-6(17(27)28)30-16-12(21-8(3)24)18-29-5-10(32-18)15(16)33-19-11(20-7(2)23)14(26)13(25)9(4-22)31-19/h6,9-16,18-19,22,25-26H,4-5H2,1-3H3,(H,20,23)(H,21,24)(H,27,28)/t6-,9-,10-,11-,12-,13-,14-,15-,16-,18-,19+/m1/s1. The molecule has 0 aliphatic carbocycles. The van der Waals surface area contributed by atoms with Crippen LogP contribution in [0.2, 0.25) is 0 Å². The second kappa shape index (κ2) is 10.6. The average molecular weight is 478 g/mol. The van der Waals surface area contributed by atoms with E-state index < -0.39 is 91.8 Å². The minimum atomic E-state index is -1.55. The molecule has 6 N–H and O–H groups in total. The molecule has 11 atom stereocenters. The molecule has 0 saturated carbocycles. The second-order valence-electron chi connectivity index (χ2n) is 8.22.